The molecule has 30 heavy (non-hydrogen) atoms. The zero-order valence-electron chi connectivity index (χ0n) is 17.5. The molecule has 6 nitrogen and oxygen atoms in total. The minimum Gasteiger partial charge on any atom is -0.452 e. The monoisotopic (exact) mass is 404 g/mol. The minimum absolute atomic E-state index is 0.161. The summed E-state index contributed by atoms with van der Waals surface area (Å²) in [6, 6.07) is 16.4. The molecule has 0 aliphatic heterocycles. The quantitative estimate of drug-likeness (QED) is 0.488. The second-order valence-electron chi connectivity index (χ2n) is 7.18. The molecule has 0 aliphatic carbocycles. The number of nitrogens with one attached hydrogen (secondary N) is 1. The summed E-state index contributed by atoms with van der Waals surface area (Å²) < 4.78 is 7.19. The average Bonchev–Trinajstić information content (AvgIpc) is 3.01. The van der Waals surface area contributed by atoms with Crippen molar-refractivity contribution in [3.05, 3.63) is 82.7 Å². The van der Waals surface area contributed by atoms with Gasteiger partial charge < -0.3 is 14.6 Å². The molecule has 0 unspecified atom stereocenters. The average molecular weight is 404 g/mol. The van der Waals surface area contributed by atoms with Gasteiger partial charge in [0.2, 0.25) is 0 Å². The van der Waals surface area contributed by atoms with Gasteiger partial charge in [-0.05, 0) is 58.0 Å². The van der Waals surface area contributed by atoms with Crippen molar-refractivity contribution < 1.29 is 19.1 Å². The molecule has 1 amide bonds. The first-order valence-electron chi connectivity index (χ1n) is 9.61. The number of ketones is 1. The maximum Gasteiger partial charge on any atom is 0.340 e. The Morgan fingerprint density at radius 2 is 1.60 bits per heavy atom. The van der Waals surface area contributed by atoms with Crippen molar-refractivity contribution >= 4 is 23.3 Å². The maximum atomic E-state index is 12.6. The SMILES string of the molecule is CC(=O)c1ccccc1NC(=O)COC(=O)c1cc(C)n(-c2ccc(C)cc2)c1C. The van der Waals surface area contributed by atoms with Crippen LogP contribution >= 0.6 is 0 Å². The predicted molar refractivity (Wildman–Crippen MR) is 115 cm³/mol. The Morgan fingerprint density at radius 3 is 2.27 bits per heavy atom. The Kier molecular flexibility index (Phi) is 6.16. The maximum absolute atomic E-state index is 12.6. The number of nitrogens with zero attached hydrogens (tertiary/aromatic N) is 1. The van der Waals surface area contributed by atoms with Crippen LogP contribution in [0.2, 0.25) is 0 Å². The van der Waals surface area contributed by atoms with Crippen LogP contribution in [0.25, 0.3) is 5.69 Å². The zero-order chi connectivity index (χ0) is 21.8. The molecule has 0 radical (unpaired) electrons. The summed E-state index contributed by atoms with van der Waals surface area (Å²) in [6.45, 7) is 6.75. The van der Waals surface area contributed by atoms with Gasteiger partial charge in [-0.15, -0.1) is 0 Å². The van der Waals surface area contributed by atoms with Gasteiger partial charge in [0.1, 0.15) is 0 Å². The predicted octanol–water partition coefficient (Wildman–Crippen LogP) is 4.40. The first-order valence-corrected chi connectivity index (χ1v) is 9.61. The fourth-order valence-corrected chi connectivity index (χ4v) is 3.35. The summed E-state index contributed by atoms with van der Waals surface area (Å²) in [5.74, 6) is -1.24. The standard InChI is InChI=1S/C24H24N2O4/c1-15-9-11-19(12-10-15)26-16(2)13-21(17(26)3)24(29)30-14-23(28)25-22-8-6-5-7-20(22)18(4)27/h5-13H,14H2,1-4H3,(H,25,28). The fraction of sp³-hybridized carbons (Fsp3) is 0.208. The third kappa shape index (κ3) is 4.49. The lowest BCUT2D eigenvalue weighted by molar-refractivity contribution is -0.119. The van der Waals surface area contributed by atoms with Crippen molar-refractivity contribution in [3.8, 4) is 5.69 Å². The smallest absolute Gasteiger partial charge is 0.340 e. The molecule has 0 aliphatic rings. The van der Waals surface area contributed by atoms with Gasteiger partial charge >= 0.3 is 5.97 Å². The van der Waals surface area contributed by atoms with E-state index < -0.39 is 18.5 Å². The number of hydrogen-bond donors (Lipinski definition) is 1. The van der Waals surface area contributed by atoms with E-state index in [2.05, 4.69) is 5.32 Å². The lowest BCUT2D eigenvalue weighted by Crippen LogP contribution is -2.22. The number of carbonyl (C=O) groups is 3. The normalized spacial score (nSPS) is 10.5. The highest BCUT2D eigenvalue weighted by Gasteiger charge is 2.19. The highest BCUT2D eigenvalue weighted by atomic mass is 16.5. The summed E-state index contributed by atoms with van der Waals surface area (Å²) in [7, 11) is 0. The van der Waals surface area contributed by atoms with Gasteiger partial charge in [-0.25, -0.2) is 4.79 Å². The molecule has 0 saturated heterocycles. The number of rotatable bonds is 6. The number of esters is 1. The number of amides is 1. The van der Waals surface area contributed by atoms with E-state index in [9.17, 15) is 14.4 Å². The van der Waals surface area contributed by atoms with Gasteiger partial charge in [0, 0.05) is 22.6 Å². The molecule has 154 valence electrons. The molecule has 3 aromatic rings. The lowest BCUT2D eigenvalue weighted by Gasteiger charge is -2.11. The number of carbonyl (C=O) groups excluding carboxylic acids is 3. The van der Waals surface area contributed by atoms with Gasteiger partial charge in [0.25, 0.3) is 5.91 Å². The first kappa shape index (κ1) is 21.0. The molecule has 1 heterocycles. The van der Waals surface area contributed by atoms with Crippen molar-refractivity contribution in [1.29, 1.82) is 0 Å². The topological polar surface area (TPSA) is 77.4 Å². The van der Waals surface area contributed by atoms with E-state index in [-0.39, 0.29) is 5.78 Å². The zero-order valence-corrected chi connectivity index (χ0v) is 17.5. The molecule has 0 fully saturated rings. The molecule has 0 saturated carbocycles. The van der Waals surface area contributed by atoms with Crippen molar-refractivity contribution in [2.24, 2.45) is 0 Å². The van der Waals surface area contributed by atoms with Crippen molar-refractivity contribution in [3.63, 3.8) is 0 Å². The number of para-hydroxylation sites is 1. The van der Waals surface area contributed by atoms with Gasteiger partial charge in [0.05, 0.1) is 11.3 Å². The third-order valence-corrected chi connectivity index (χ3v) is 4.86. The van der Waals surface area contributed by atoms with Crippen molar-refractivity contribution in [2.45, 2.75) is 27.7 Å². The molecule has 3 rings (SSSR count). The Bertz CT molecular complexity index is 1110. The minimum atomic E-state index is -0.573. The Labute approximate surface area is 175 Å². The number of benzene rings is 2. The van der Waals surface area contributed by atoms with Crippen molar-refractivity contribution in [1.82, 2.24) is 4.57 Å². The molecule has 1 N–H and O–H groups in total. The molecular formula is C24H24N2O4. The van der Waals surface area contributed by atoms with Crippen LogP contribution in [0.4, 0.5) is 5.69 Å². The molecule has 2 aromatic carbocycles. The number of anilines is 1. The van der Waals surface area contributed by atoms with E-state index in [1.54, 1.807) is 30.3 Å². The van der Waals surface area contributed by atoms with Gasteiger partial charge in [0.15, 0.2) is 12.4 Å². The number of Topliss-reactive ketones (excluding diaryl/α,β-unsaturated/α-hetero) is 1. The van der Waals surface area contributed by atoms with E-state index in [0.29, 0.717) is 16.8 Å². The van der Waals surface area contributed by atoms with E-state index in [1.807, 2.05) is 49.6 Å². The second-order valence-corrected chi connectivity index (χ2v) is 7.18. The molecular weight excluding hydrogens is 380 g/mol. The Hall–Kier alpha value is -3.67. The number of aryl methyl sites for hydroxylation is 2. The van der Waals surface area contributed by atoms with Crippen LogP contribution in [0.3, 0.4) is 0 Å². The molecule has 0 bridgehead atoms. The summed E-state index contributed by atoms with van der Waals surface area (Å²) >= 11 is 0. The van der Waals surface area contributed by atoms with E-state index in [0.717, 1.165) is 22.6 Å². The van der Waals surface area contributed by atoms with Gasteiger partial charge in [-0.3, -0.25) is 9.59 Å². The van der Waals surface area contributed by atoms with Crippen LogP contribution in [0.15, 0.2) is 54.6 Å². The number of hydrogen-bond acceptors (Lipinski definition) is 4. The fourth-order valence-electron chi connectivity index (χ4n) is 3.35. The highest BCUT2D eigenvalue weighted by molar-refractivity contribution is 6.04. The van der Waals surface area contributed by atoms with Gasteiger partial charge in [-0.1, -0.05) is 29.8 Å². The summed E-state index contributed by atoms with van der Waals surface area (Å²) in [5.41, 5.74) is 4.94. The van der Waals surface area contributed by atoms with Crippen LogP contribution in [-0.2, 0) is 9.53 Å². The summed E-state index contributed by atoms with van der Waals surface area (Å²) in [6.07, 6.45) is 0. The van der Waals surface area contributed by atoms with Crippen LogP contribution < -0.4 is 5.32 Å². The molecule has 6 heteroatoms. The van der Waals surface area contributed by atoms with Crippen molar-refractivity contribution in [2.75, 3.05) is 11.9 Å². The second kappa shape index (κ2) is 8.78. The Balaban J connectivity index is 1.70. The van der Waals surface area contributed by atoms with Crippen LogP contribution in [0, 0.1) is 20.8 Å². The van der Waals surface area contributed by atoms with Gasteiger partial charge in [-0.2, -0.15) is 0 Å². The van der Waals surface area contributed by atoms with E-state index >= 15 is 0 Å². The Morgan fingerprint density at radius 1 is 0.933 bits per heavy atom. The molecule has 0 atom stereocenters. The third-order valence-electron chi connectivity index (χ3n) is 4.86. The number of aromatic nitrogens is 1. The summed E-state index contributed by atoms with van der Waals surface area (Å²) in [4.78, 5) is 36.5. The van der Waals surface area contributed by atoms with E-state index in [4.69, 9.17) is 4.74 Å². The largest absolute Gasteiger partial charge is 0.452 e. The molecule has 1 aromatic heterocycles. The number of ether oxygens (including phenoxy) is 1. The van der Waals surface area contributed by atoms with Crippen LogP contribution in [0.5, 0.6) is 0 Å². The van der Waals surface area contributed by atoms with Crippen LogP contribution in [0.1, 0.15) is 44.6 Å². The highest BCUT2D eigenvalue weighted by Crippen LogP contribution is 2.22. The lowest BCUT2D eigenvalue weighted by atomic mass is 10.1. The molecule has 0 spiro atoms. The summed E-state index contributed by atoms with van der Waals surface area (Å²) in [5, 5.41) is 2.62. The van der Waals surface area contributed by atoms with Crippen LogP contribution in [-0.4, -0.2) is 28.8 Å². The first-order chi connectivity index (χ1) is 14.3. The van der Waals surface area contributed by atoms with E-state index in [1.165, 1.54) is 6.92 Å².